The molecule has 0 radical (unpaired) electrons. The van der Waals surface area contributed by atoms with Gasteiger partial charge in [0, 0.05) is 56.9 Å². The largest absolute Gasteiger partial charge is 0.385 e. The van der Waals surface area contributed by atoms with Gasteiger partial charge in [-0.15, -0.1) is 0 Å². The summed E-state index contributed by atoms with van der Waals surface area (Å²) in [7, 11) is 2.21. The van der Waals surface area contributed by atoms with E-state index >= 15 is 0 Å². The van der Waals surface area contributed by atoms with Crippen LogP contribution in [0.2, 0.25) is 0 Å². The zero-order chi connectivity index (χ0) is 18.4. The fourth-order valence-electron chi connectivity index (χ4n) is 3.37. The van der Waals surface area contributed by atoms with E-state index < -0.39 is 0 Å². The van der Waals surface area contributed by atoms with Crippen molar-refractivity contribution in [1.29, 1.82) is 0 Å². The van der Waals surface area contributed by atoms with Gasteiger partial charge in [0.05, 0.1) is 0 Å². The minimum atomic E-state index is 0.865. The second-order valence-electron chi connectivity index (χ2n) is 7.45. The molecular formula is C22H32N4. The summed E-state index contributed by atoms with van der Waals surface area (Å²) in [6, 6.07) is 8.78. The molecule has 0 aromatic heterocycles. The first-order valence-corrected chi connectivity index (χ1v) is 9.66. The third-order valence-corrected chi connectivity index (χ3v) is 5.15. The molecule has 140 valence electrons. The highest BCUT2D eigenvalue weighted by atomic mass is 15.2. The van der Waals surface area contributed by atoms with Crippen LogP contribution in [0.1, 0.15) is 18.9 Å². The number of anilines is 1. The quantitative estimate of drug-likeness (QED) is 0.758. The summed E-state index contributed by atoms with van der Waals surface area (Å²) in [6.45, 7) is 14.1. The average Bonchev–Trinajstić information content (AvgIpc) is 2.65. The molecular weight excluding hydrogens is 320 g/mol. The Morgan fingerprint density at radius 1 is 1.04 bits per heavy atom. The van der Waals surface area contributed by atoms with Crippen LogP contribution >= 0.6 is 0 Å². The second kappa shape index (κ2) is 9.06. The standard InChI is InChI=1S/C22H32N4/c1-19-5-6-20(2)26(17-19)18-21-7-9-22(10-8-21)23-11-4-12-25-15-13-24(3)14-16-25/h5-10,17,23H,2,4,11-16,18H2,1,3H3. The predicted molar refractivity (Wildman–Crippen MR) is 111 cm³/mol. The summed E-state index contributed by atoms with van der Waals surface area (Å²) < 4.78 is 0. The number of piperazine rings is 1. The topological polar surface area (TPSA) is 21.8 Å². The lowest BCUT2D eigenvalue weighted by atomic mass is 10.1. The minimum Gasteiger partial charge on any atom is -0.385 e. The second-order valence-corrected chi connectivity index (χ2v) is 7.45. The number of benzene rings is 1. The molecule has 2 aliphatic heterocycles. The highest BCUT2D eigenvalue weighted by Crippen LogP contribution is 2.19. The molecule has 1 N–H and O–H groups in total. The van der Waals surface area contributed by atoms with Gasteiger partial charge in [-0.05, 0) is 56.3 Å². The van der Waals surface area contributed by atoms with Crippen molar-refractivity contribution in [3.05, 3.63) is 66.0 Å². The van der Waals surface area contributed by atoms with Crippen LogP contribution in [0, 0.1) is 0 Å². The van der Waals surface area contributed by atoms with Gasteiger partial charge >= 0.3 is 0 Å². The van der Waals surface area contributed by atoms with Gasteiger partial charge in [-0.2, -0.15) is 0 Å². The molecule has 1 aromatic carbocycles. The van der Waals surface area contributed by atoms with Crippen LogP contribution in [0.15, 0.2) is 60.5 Å². The maximum atomic E-state index is 4.11. The van der Waals surface area contributed by atoms with Crippen LogP contribution in [0.5, 0.6) is 0 Å². The molecule has 0 spiro atoms. The molecule has 1 aromatic rings. The summed E-state index contributed by atoms with van der Waals surface area (Å²) in [5, 5.41) is 3.55. The van der Waals surface area contributed by atoms with Crippen molar-refractivity contribution in [2.24, 2.45) is 0 Å². The molecule has 2 heterocycles. The minimum absolute atomic E-state index is 0.865. The SMILES string of the molecule is C=C1C=CC(C)=CN1Cc1ccc(NCCCN2CCN(C)CC2)cc1. The molecule has 2 aliphatic rings. The number of nitrogens with one attached hydrogen (secondary N) is 1. The molecule has 1 saturated heterocycles. The third kappa shape index (κ3) is 5.48. The number of hydrogen-bond acceptors (Lipinski definition) is 4. The summed E-state index contributed by atoms with van der Waals surface area (Å²) in [4.78, 5) is 7.18. The predicted octanol–water partition coefficient (Wildman–Crippen LogP) is 3.53. The Balaban J connectivity index is 1.39. The summed E-state index contributed by atoms with van der Waals surface area (Å²) in [5.74, 6) is 0. The third-order valence-electron chi connectivity index (χ3n) is 5.15. The summed E-state index contributed by atoms with van der Waals surface area (Å²) >= 11 is 0. The average molecular weight is 353 g/mol. The number of hydrogen-bond donors (Lipinski definition) is 1. The molecule has 0 atom stereocenters. The van der Waals surface area contributed by atoms with Crippen LogP contribution in [-0.2, 0) is 6.54 Å². The fourth-order valence-corrected chi connectivity index (χ4v) is 3.37. The van der Waals surface area contributed by atoms with E-state index in [0.717, 1.165) is 18.8 Å². The zero-order valence-corrected chi connectivity index (χ0v) is 16.2. The fraction of sp³-hybridized carbons (Fsp3) is 0.455. The van der Waals surface area contributed by atoms with E-state index in [4.69, 9.17) is 0 Å². The molecule has 4 heteroatoms. The molecule has 4 nitrogen and oxygen atoms in total. The van der Waals surface area contributed by atoms with Gasteiger partial charge < -0.3 is 20.0 Å². The van der Waals surface area contributed by atoms with Gasteiger partial charge in [0.25, 0.3) is 0 Å². The van der Waals surface area contributed by atoms with Crippen molar-refractivity contribution in [2.45, 2.75) is 19.9 Å². The van der Waals surface area contributed by atoms with Gasteiger partial charge in [-0.25, -0.2) is 0 Å². The van der Waals surface area contributed by atoms with E-state index in [1.807, 2.05) is 0 Å². The molecule has 1 fully saturated rings. The van der Waals surface area contributed by atoms with Crippen LogP contribution in [-0.4, -0.2) is 61.0 Å². The van der Waals surface area contributed by atoms with E-state index in [9.17, 15) is 0 Å². The monoisotopic (exact) mass is 352 g/mol. The molecule has 0 unspecified atom stereocenters. The highest BCUT2D eigenvalue weighted by molar-refractivity contribution is 5.44. The maximum Gasteiger partial charge on any atom is 0.0475 e. The van der Waals surface area contributed by atoms with E-state index in [1.54, 1.807) is 0 Å². The van der Waals surface area contributed by atoms with Crippen LogP contribution < -0.4 is 5.32 Å². The molecule has 0 bridgehead atoms. The van der Waals surface area contributed by atoms with Crippen LogP contribution in [0.3, 0.4) is 0 Å². The normalized spacial score (nSPS) is 18.9. The summed E-state index contributed by atoms with van der Waals surface area (Å²) in [6.07, 6.45) is 7.53. The Bertz CT molecular complexity index is 651. The van der Waals surface area contributed by atoms with E-state index in [0.29, 0.717) is 0 Å². The van der Waals surface area contributed by atoms with E-state index in [-0.39, 0.29) is 0 Å². The Morgan fingerprint density at radius 2 is 1.77 bits per heavy atom. The maximum absolute atomic E-state index is 4.11. The van der Waals surface area contributed by atoms with E-state index in [2.05, 4.69) is 83.2 Å². The Morgan fingerprint density at radius 3 is 2.50 bits per heavy atom. The number of likely N-dealkylation sites (N-methyl/N-ethyl adjacent to an activating group) is 1. The molecule has 3 rings (SSSR count). The Hall–Kier alpha value is -2.04. The smallest absolute Gasteiger partial charge is 0.0475 e. The Kier molecular flexibility index (Phi) is 6.53. The molecule has 0 aliphatic carbocycles. The summed E-state index contributed by atoms with van der Waals surface area (Å²) in [5.41, 5.74) is 4.81. The lowest BCUT2D eigenvalue weighted by Gasteiger charge is -2.32. The van der Waals surface area contributed by atoms with E-state index in [1.165, 1.54) is 56.0 Å². The van der Waals surface area contributed by atoms with Crippen molar-refractivity contribution in [1.82, 2.24) is 14.7 Å². The molecule has 0 amide bonds. The lowest BCUT2D eigenvalue weighted by Crippen LogP contribution is -2.44. The number of allylic oxidation sites excluding steroid dienone is 3. The zero-order valence-electron chi connectivity index (χ0n) is 16.2. The molecule has 26 heavy (non-hydrogen) atoms. The van der Waals surface area contributed by atoms with Crippen molar-refractivity contribution in [3.63, 3.8) is 0 Å². The van der Waals surface area contributed by atoms with Crippen molar-refractivity contribution >= 4 is 5.69 Å². The van der Waals surface area contributed by atoms with Gasteiger partial charge in [-0.3, -0.25) is 0 Å². The van der Waals surface area contributed by atoms with Gasteiger partial charge in [0.15, 0.2) is 0 Å². The Labute approximate surface area is 158 Å². The first-order chi connectivity index (χ1) is 12.6. The number of rotatable bonds is 7. The lowest BCUT2D eigenvalue weighted by molar-refractivity contribution is 0.154. The van der Waals surface area contributed by atoms with Gasteiger partial charge in [0.1, 0.15) is 0 Å². The van der Waals surface area contributed by atoms with Crippen LogP contribution in [0.25, 0.3) is 0 Å². The highest BCUT2D eigenvalue weighted by Gasteiger charge is 2.12. The first-order valence-electron chi connectivity index (χ1n) is 9.66. The van der Waals surface area contributed by atoms with Gasteiger partial charge in [0.2, 0.25) is 0 Å². The molecule has 0 saturated carbocycles. The van der Waals surface area contributed by atoms with Gasteiger partial charge in [-0.1, -0.05) is 24.8 Å². The van der Waals surface area contributed by atoms with Crippen molar-refractivity contribution < 1.29 is 0 Å². The van der Waals surface area contributed by atoms with Crippen LogP contribution in [0.4, 0.5) is 5.69 Å². The number of nitrogens with zero attached hydrogens (tertiary/aromatic N) is 3. The van der Waals surface area contributed by atoms with Crippen molar-refractivity contribution in [3.8, 4) is 0 Å². The van der Waals surface area contributed by atoms with Crippen molar-refractivity contribution in [2.75, 3.05) is 51.6 Å². The first kappa shape index (κ1) is 18.7.